The third-order valence-electron chi connectivity index (χ3n) is 3.21. The van der Waals surface area contributed by atoms with Crippen molar-refractivity contribution >= 4 is 5.82 Å². The van der Waals surface area contributed by atoms with Crippen LogP contribution in [0.2, 0.25) is 0 Å². The molecular weight excluding hydrogens is 266 g/mol. The van der Waals surface area contributed by atoms with Gasteiger partial charge in [-0.05, 0) is 29.8 Å². The topological polar surface area (TPSA) is 77.9 Å². The first-order chi connectivity index (χ1) is 10.1. The van der Waals surface area contributed by atoms with Crippen molar-refractivity contribution in [3.05, 3.63) is 42.7 Å². The van der Waals surface area contributed by atoms with Crippen molar-refractivity contribution < 1.29 is 5.11 Å². The van der Waals surface area contributed by atoms with Crippen LogP contribution in [0, 0.1) is 0 Å². The maximum atomic E-state index is 10.2. The van der Waals surface area contributed by atoms with Crippen LogP contribution >= 0.6 is 0 Å². The van der Waals surface area contributed by atoms with Gasteiger partial charge in [-0.2, -0.15) is 5.10 Å². The maximum Gasteiger partial charge on any atom is 0.150 e. The number of H-pyrrole nitrogens is 1. The molecule has 2 N–H and O–H groups in total. The first-order valence-electron chi connectivity index (χ1n) is 6.49. The van der Waals surface area contributed by atoms with E-state index < -0.39 is 0 Å². The molecule has 106 valence electrons. The van der Waals surface area contributed by atoms with Gasteiger partial charge in [-0.15, -0.1) is 10.2 Å². The molecule has 0 fully saturated rings. The zero-order valence-corrected chi connectivity index (χ0v) is 11.8. The van der Waals surface area contributed by atoms with Gasteiger partial charge in [-0.1, -0.05) is 6.07 Å². The average Bonchev–Trinajstić information content (AvgIpc) is 3.01. The van der Waals surface area contributed by atoms with Gasteiger partial charge in [0.05, 0.1) is 11.9 Å². The number of nitrogens with one attached hydrogen (secondary N) is 1. The smallest absolute Gasteiger partial charge is 0.150 e. The third-order valence-corrected chi connectivity index (χ3v) is 3.21. The average molecular weight is 281 g/mol. The van der Waals surface area contributed by atoms with E-state index in [2.05, 4.69) is 20.4 Å². The lowest BCUT2D eigenvalue weighted by atomic mass is 10.0. The first-order valence-corrected chi connectivity index (χ1v) is 6.49. The lowest BCUT2D eigenvalue weighted by Crippen LogP contribution is -2.11. The molecule has 0 radical (unpaired) electrons. The van der Waals surface area contributed by atoms with E-state index in [9.17, 15) is 5.11 Å². The van der Waals surface area contributed by atoms with E-state index in [-0.39, 0.29) is 5.75 Å². The van der Waals surface area contributed by atoms with Crippen molar-refractivity contribution in [2.75, 3.05) is 19.0 Å². The second kappa shape index (κ2) is 5.24. The number of anilines is 1. The monoisotopic (exact) mass is 281 g/mol. The predicted octanol–water partition coefficient (Wildman–Crippen LogP) is 2.31. The second-order valence-corrected chi connectivity index (χ2v) is 4.89. The highest BCUT2D eigenvalue weighted by Gasteiger charge is 2.09. The molecule has 0 aliphatic rings. The largest absolute Gasteiger partial charge is 0.507 e. The number of aromatic hydroxyl groups is 1. The number of aromatic amines is 1. The number of benzene rings is 1. The van der Waals surface area contributed by atoms with Crippen LogP contribution in [-0.2, 0) is 0 Å². The van der Waals surface area contributed by atoms with Crippen molar-refractivity contribution in [3.8, 4) is 28.1 Å². The minimum Gasteiger partial charge on any atom is -0.507 e. The van der Waals surface area contributed by atoms with Gasteiger partial charge in [0.25, 0.3) is 0 Å². The summed E-state index contributed by atoms with van der Waals surface area (Å²) in [5.74, 6) is 0.939. The fourth-order valence-electron chi connectivity index (χ4n) is 2.04. The molecule has 0 saturated carbocycles. The van der Waals surface area contributed by atoms with Crippen LogP contribution in [0.1, 0.15) is 0 Å². The molecule has 0 aliphatic heterocycles. The minimum absolute atomic E-state index is 0.167. The fraction of sp³-hybridized carbons (Fsp3) is 0.133. The lowest BCUT2D eigenvalue weighted by molar-refractivity contribution is 0.477. The third kappa shape index (κ3) is 2.55. The molecule has 6 nitrogen and oxygen atoms in total. The summed E-state index contributed by atoms with van der Waals surface area (Å²) in [5, 5.41) is 25.1. The van der Waals surface area contributed by atoms with Crippen LogP contribution in [-0.4, -0.2) is 39.6 Å². The van der Waals surface area contributed by atoms with Crippen LogP contribution in [0.3, 0.4) is 0 Å². The summed E-state index contributed by atoms with van der Waals surface area (Å²) < 4.78 is 0. The van der Waals surface area contributed by atoms with E-state index in [4.69, 9.17) is 0 Å². The van der Waals surface area contributed by atoms with E-state index in [1.807, 2.05) is 43.3 Å². The Hall–Kier alpha value is -2.89. The summed E-state index contributed by atoms with van der Waals surface area (Å²) in [6.07, 6.45) is 3.49. The minimum atomic E-state index is 0.167. The number of aromatic nitrogens is 4. The molecule has 0 atom stereocenters. The Balaban J connectivity index is 1.96. The standard InChI is InChI=1S/C15H15N5O/c1-20(2)15-6-5-13(18-19-15)12-4-3-10(7-14(12)21)11-8-16-17-9-11/h3-9,21H,1-2H3,(H,16,17). The molecule has 21 heavy (non-hydrogen) atoms. The highest BCUT2D eigenvalue weighted by Crippen LogP contribution is 2.32. The molecule has 1 aromatic carbocycles. The Morgan fingerprint density at radius 3 is 2.48 bits per heavy atom. The quantitative estimate of drug-likeness (QED) is 0.770. The summed E-state index contributed by atoms with van der Waals surface area (Å²) in [6, 6.07) is 9.15. The molecule has 3 rings (SSSR count). The fourth-order valence-corrected chi connectivity index (χ4v) is 2.04. The van der Waals surface area contributed by atoms with Crippen LogP contribution in [0.15, 0.2) is 42.7 Å². The van der Waals surface area contributed by atoms with Gasteiger partial charge in [-0.3, -0.25) is 5.10 Å². The van der Waals surface area contributed by atoms with Gasteiger partial charge in [0.2, 0.25) is 0 Å². The van der Waals surface area contributed by atoms with Crippen LogP contribution in [0.25, 0.3) is 22.4 Å². The summed E-state index contributed by atoms with van der Waals surface area (Å²) in [7, 11) is 3.81. The van der Waals surface area contributed by atoms with E-state index in [0.29, 0.717) is 11.3 Å². The molecule has 3 aromatic rings. The lowest BCUT2D eigenvalue weighted by Gasteiger charge is -2.11. The first kappa shape index (κ1) is 13.1. The van der Waals surface area contributed by atoms with Crippen molar-refractivity contribution in [1.82, 2.24) is 20.4 Å². The molecule has 0 aliphatic carbocycles. The Morgan fingerprint density at radius 2 is 1.90 bits per heavy atom. The number of nitrogens with zero attached hydrogens (tertiary/aromatic N) is 4. The van der Waals surface area contributed by atoms with Crippen molar-refractivity contribution in [3.63, 3.8) is 0 Å². The predicted molar refractivity (Wildman–Crippen MR) is 81.0 cm³/mol. The summed E-state index contributed by atoms with van der Waals surface area (Å²) in [6.45, 7) is 0. The van der Waals surface area contributed by atoms with Crippen molar-refractivity contribution in [1.29, 1.82) is 0 Å². The zero-order chi connectivity index (χ0) is 14.8. The van der Waals surface area contributed by atoms with Crippen LogP contribution in [0.4, 0.5) is 5.82 Å². The molecule has 2 heterocycles. The molecule has 0 amide bonds. The molecule has 0 spiro atoms. The van der Waals surface area contributed by atoms with E-state index in [1.165, 1.54) is 0 Å². The summed E-state index contributed by atoms with van der Waals surface area (Å²) in [5.41, 5.74) is 3.10. The second-order valence-electron chi connectivity index (χ2n) is 4.89. The number of phenolic OH excluding ortho intramolecular Hbond substituents is 1. The van der Waals surface area contributed by atoms with Crippen molar-refractivity contribution in [2.45, 2.75) is 0 Å². The van der Waals surface area contributed by atoms with Gasteiger partial charge in [0, 0.05) is 31.4 Å². The number of rotatable bonds is 3. The molecular formula is C15H15N5O. The molecule has 0 unspecified atom stereocenters. The Labute approximate surface area is 122 Å². The van der Waals surface area contributed by atoms with Gasteiger partial charge < -0.3 is 10.0 Å². The van der Waals surface area contributed by atoms with Crippen LogP contribution < -0.4 is 4.90 Å². The number of hydrogen-bond donors (Lipinski definition) is 2. The highest BCUT2D eigenvalue weighted by atomic mass is 16.3. The van der Waals surface area contributed by atoms with Crippen LogP contribution in [0.5, 0.6) is 5.75 Å². The molecule has 0 bridgehead atoms. The van der Waals surface area contributed by atoms with Gasteiger partial charge >= 0.3 is 0 Å². The van der Waals surface area contributed by atoms with E-state index in [0.717, 1.165) is 16.9 Å². The Morgan fingerprint density at radius 1 is 1.05 bits per heavy atom. The van der Waals surface area contributed by atoms with Gasteiger partial charge in [0.15, 0.2) is 5.82 Å². The number of hydrogen-bond acceptors (Lipinski definition) is 5. The van der Waals surface area contributed by atoms with Gasteiger partial charge in [-0.25, -0.2) is 0 Å². The SMILES string of the molecule is CN(C)c1ccc(-c2ccc(-c3cn[nH]c3)cc2O)nn1. The van der Waals surface area contributed by atoms with Gasteiger partial charge in [0.1, 0.15) is 5.75 Å². The Bertz CT molecular complexity index is 735. The summed E-state index contributed by atoms with van der Waals surface area (Å²) in [4.78, 5) is 1.87. The highest BCUT2D eigenvalue weighted by molar-refractivity contribution is 5.73. The van der Waals surface area contributed by atoms with E-state index >= 15 is 0 Å². The van der Waals surface area contributed by atoms with E-state index in [1.54, 1.807) is 18.5 Å². The molecule has 2 aromatic heterocycles. The normalized spacial score (nSPS) is 10.6. The molecule has 6 heteroatoms. The molecule has 0 saturated heterocycles. The summed E-state index contributed by atoms with van der Waals surface area (Å²) >= 11 is 0. The zero-order valence-electron chi connectivity index (χ0n) is 11.8. The maximum absolute atomic E-state index is 10.2. The number of phenols is 1. The van der Waals surface area contributed by atoms with Crippen molar-refractivity contribution in [2.24, 2.45) is 0 Å². The Kier molecular flexibility index (Phi) is 3.27.